The quantitative estimate of drug-likeness (QED) is 0.625. The van der Waals surface area contributed by atoms with Crippen LogP contribution in [0.5, 0.6) is 0 Å². The molecule has 2 N–H and O–H groups in total. The highest BCUT2D eigenvalue weighted by Gasteiger charge is 2.30. The second kappa shape index (κ2) is 8.42. The Labute approximate surface area is 174 Å². The number of aromatic nitrogens is 2. The third-order valence-corrected chi connectivity index (χ3v) is 4.42. The highest BCUT2D eigenvalue weighted by molar-refractivity contribution is 5.98. The second-order valence-electron chi connectivity index (χ2n) is 6.68. The average Bonchev–Trinajstić information content (AvgIpc) is 2.71. The summed E-state index contributed by atoms with van der Waals surface area (Å²) in [5.41, 5.74) is 3.30. The summed E-state index contributed by atoms with van der Waals surface area (Å²) in [7, 11) is 0. The van der Waals surface area contributed by atoms with Crippen molar-refractivity contribution in [2.45, 2.75) is 20.0 Å². The molecule has 160 valence electrons. The van der Waals surface area contributed by atoms with Crippen LogP contribution < -0.4 is 16.3 Å². The van der Waals surface area contributed by atoms with E-state index in [0.717, 1.165) is 22.9 Å². The van der Waals surface area contributed by atoms with E-state index in [1.165, 1.54) is 19.1 Å². The first-order valence-electron chi connectivity index (χ1n) is 9.03. The van der Waals surface area contributed by atoms with Crippen LogP contribution in [0.2, 0.25) is 0 Å². The van der Waals surface area contributed by atoms with Gasteiger partial charge in [0.1, 0.15) is 0 Å². The lowest BCUT2D eigenvalue weighted by Crippen LogP contribution is -2.44. The molecule has 0 saturated carbocycles. The summed E-state index contributed by atoms with van der Waals surface area (Å²) in [5.74, 6) is -1.61. The molecular weight excluding hydrogens is 413 g/mol. The molecule has 1 heterocycles. The molecule has 2 amide bonds. The molecule has 0 saturated heterocycles. The van der Waals surface area contributed by atoms with Crippen LogP contribution in [0.15, 0.2) is 59.4 Å². The van der Waals surface area contributed by atoms with Crippen LogP contribution in [-0.2, 0) is 6.18 Å². The number of amides is 2. The zero-order valence-corrected chi connectivity index (χ0v) is 16.4. The van der Waals surface area contributed by atoms with Gasteiger partial charge in [-0.25, -0.2) is 4.68 Å². The van der Waals surface area contributed by atoms with Crippen molar-refractivity contribution in [3.05, 3.63) is 92.9 Å². The molecule has 3 rings (SSSR count). The van der Waals surface area contributed by atoms with Gasteiger partial charge in [-0.3, -0.25) is 25.2 Å². The molecule has 0 aliphatic rings. The topological polar surface area (TPSA) is 93.1 Å². The minimum absolute atomic E-state index is 0.0188. The first kappa shape index (κ1) is 21.8. The zero-order valence-electron chi connectivity index (χ0n) is 16.4. The minimum atomic E-state index is -4.57. The molecule has 1 aromatic heterocycles. The van der Waals surface area contributed by atoms with Gasteiger partial charge in [0.05, 0.1) is 11.3 Å². The van der Waals surface area contributed by atoms with E-state index < -0.39 is 34.7 Å². The highest BCUT2D eigenvalue weighted by atomic mass is 19.4. The van der Waals surface area contributed by atoms with E-state index in [9.17, 15) is 27.6 Å². The number of nitrogens with zero attached hydrogens (tertiary/aromatic N) is 2. The van der Waals surface area contributed by atoms with Gasteiger partial charge in [-0.2, -0.15) is 18.3 Å². The summed E-state index contributed by atoms with van der Waals surface area (Å²) in [5, 5.41) is 3.91. The van der Waals surface area contributed by atoms with Crippen molar-refractivity contribution < 1.29 is 22.8 Å². The molecule has 0 spiro atoms. The van der Waals surface area contributed by atoms with Crippen LogP contribution in [-0.4, -0.2) is 21.6 Å². The molecule has 0 bridgehead atoms. The minimum Gasteiger partial charge on any atom is -0.287 e. The van der Waals surface area contributed by atoms with E-state index in [2.05, 4.69) is 16.0 Å². The number of halogens is 3. The summed E-state index contributed by atoms with van der Waals surface area (Å²) < 4.78 is 40.1. The van der Waals surface area contributed by atoms with Crippen molar-refractivity contribution >= 4 is 11.8 Å². The predicted octanol–water partition coefficient (Wildman–Crippen LogP) is 2.94. The Morgan fingerprint density at radius 2 is 1.61 bits per heavy atom. The lowest BCUT2D eigenvalue weighted by atomic mass is 10.1. The first-order chi connectivity index (χ1) is 14.6. The van der Waals surface area contributed by atoms with E-state index in [-0.39, 0.29) is 11.4 Å². The molecule has 2 aromatic carbocycles. The fraction of sp³-hybridized carbons (Fsp3) is 0.143. The van der Waals surface area contributed by atoms with E-state index in [4.69, 9.17) is 0 Å². The number of aryl methyl sites for hydroxylation is 2. The molecule has 0 radical (unpaired) electrons. The van der Waals surface area contributed by atoms with Gasteiger partial charge in [-0.15, -0.1) is 0 Å². The van der Waals surface area contributed by atoms with Crippen molar-refractivity contribution in [1.82, 2.24) is 20.6 Å². The van der Waals surface area contributed by atoms with Crippen molar-refractivity contribution in [2.75, 3.05) is 0 Å². The molecule has 3 aromatic rings. The molecule has 0 fully saturated rings. The summed E-state index contributed by atoms with van der Waals surface area (Å²) in [6.07, 6.45) is -4.57. The predicted molar refractivity (Wildman–Crippen MR) is 106 cm³/mol. The normalized spacial score (nSPS) is 11.1. The largest absolute Gasteiger partial charge is 0.416 e. The Morgan fingerprint density at radius 1 is 0.935 bits per heavy atom. The maximum Gasteiger partial charge on any atom is 0.416 e. The van der Waals surface area contributed by atoms with Gasteiger partial charge < -0.3 is 0 Å². The summed E-state index contributed by atoms with van der Waals surface area (Å²) >= 11 is 0. The van der Waals surface area contributed by atoms with Crippen LogP contribution in [0, 0.1) is 13.8 Å². The smallest absolute Gasteiger partial charge is 0.287 e. The molecule has 10 heteroatoms. The molecule has 0 atom stereocenters. The third-order valence-electron chi connectivity index (χ3n) is 4.42. The zero-order chi connectivity index (χ0) is 22.8. The van der Waals surface area contributed by atoms with Gasteiger partial charge in [0.15, 0.2) is 5.69 Å². The highest BCUT2D eigenvalue weighted by Crippen LogP contribution is 2.30. The van der Waals surface area contributed by atoms with Crippen LogP contribution in [0.4, 0.5) is 13.2 Å². The van der Waals surface area contributed by atoms with Crippen LogP contribution in [0.25, 0.3) is 5.69 Å². The Morgan fingerprint density at radius 3 is 2.29 bits per heavy atom. The number of carbonyl (C=O) groups is 2. The molecule has 0 aliphatic heterocycles. The number of nitrogens with one attached hydrogen (secondary N) is 2. The lowest BCUT2D eigenvalue weighted by molar-refractivity contribution is -0.137. The summed E-state index contributed by atoms with van der Waals surface area (Å²) in [6.45, 7) is 3.18. The van der Waals surface area contributed by atoms with Crippen LogP contribution >= 0.6 is 0 Å². The third kappa shape index (κ3) is 4.80. The Kier molecular flexibility index (Phi) is 5.91. The number of hydrogen-bond donors (Lipinski definition) is 2. The number of hydrogen-bond acceptors (Lipinski definition) is 4. The summed E-state index contributed by atoms with van der Waals surface area (Å²) in [6, 6.07) is 12.1. The van der Waals surface area contributed by atoms with E-state index >= 15 is 0 Å². The van der Waals surface area contributed by atoms with Crippen molar-refractivity contribution in [3.63, 3.8) is 0 Å². The molecule has 0 unspecified atom stereocenters. The number of hydrazine groups is 1. The van der Waals surface area contributed by atoms with Crippen molar-refractivity contribution in [2.24, 2.45) is 0 Å². The maximum atomic E-state index is 13.0. The van der Waals surface area contributed by atoms with Gasteiger partial charge in [0.25, 0.3) is 11.8 Å². The van der Waals surface area contributed by atoms with Gasteiger partial charge in [-0.1, -0.05) is 24.3 Å². The number of benzene rings is 2. The number of rotatable bonds is 3. The van der Waals surface area contributed by atoms with Gasteiger partial charge in [0.2, 0.25) is 5.43 Å². The van der Waals surface area contributed by atoms with E-state index in [0.29, 0.717) is 11.1 Å². The Hall–Kier alpha value is -3.95. The lowest BCUT2D eigenvalue weighted by Gasteiger charge is -2.14. The van der Waals surface area contributed by atoms with Crippen LogP contribution in [0.1, 0.15) is 37.7 Å². The van der Waals surface area contributed by atoms with Crippen molar-refractivity contribution in [1.29, 1.82) is 0 Å². The maximum absolute atomic E-state index is 13.0. The SMILES string of the molecule is Cc1ccccc1C(=O)NNC(=O)c1nn(-c2cccc(C(F)(F)F)c2)c(C)cc1=O. The number of carbonyl (C=O) groups excluding carboxylic acids is 2. The van der Waals surface area contributed by atoms with Gasteiger partial charge in [-0.05, 0) is 43.7 Å². The van der Waals surface area contributed by atoms with E-state index in [1.54, 1.807) is 31.2 Å². The van der Waals surface area contributed by atoms with Crippen LogP contribution in [0.3, 0.4) is 0 Å². The van der Waals surface area contributed by atoms with Crippen molar-refractivity contribution in [3.8, 4) is 5.69 Å². The van der Waals surface area contributed by atoms with Gasteiger partial charge >= 0.3 is 6.18 Å². The summed E-state index contributed by atoms with van der Waals surface area (Å²) in [4.78, 5) is 36.9. The fourth-order valence-electron chi connectivity index (χ4n) is 2.85. The molecule has 7 nitrogen and oxygen atoms in total. The average molecular weight is 430 g/mol. The van der Waals surface area contributed by atoms with Gasteiger partial charge in [0, 0.05) is 17.3 Å². The molecule has 0 aliphatic carbocycles. The van der Waals surface area contributed by atoms with E-state index in [1.807, 2.05) is 0 Å². The Bertz CT molecular complexity index is 1220. The molecular formula is C21H17F3N4O3. The molecule has 31 heavy (non-hydrogen) atoms. The monoisotopic (exact) mass is 430 g/mol. The fourth-order valence-corrected chi connectivity index (χ4v) is 2.85. The number of alkyl halides is 3. The first-order valence-corrected chi connectivity index (χ1v) is 9.03. The Balaban J connectivity index is 1.87. The second-order valence-corrected chi connectivity index (χ2v) is 6.68. The standard InChI is InChI=1S/C21H17F3N4O3/c1-12-6-3-4-9-16(12)19(30)25-26-20(31)18-17(29)10-13(2)28(27-18)15-8-5-7-14(11-15)21(22,23)24/h3-11H,1-2H3,(H,25,30)(H,26,31).